The zero-order valence-electron chi connectivity index (χ0n) is 10.8. The van der Waals surface area contributed by atoms with Crippen LogP contribution in [0.15, 0.2) is 42.5 Å². The first-order valence-corrected chi connectivity index (χ1v) is 6.37. The zero-order chi connectivity index (χ0) is 14.5. The fourth-order valence-corrected chi connectivity index (χ4v) is 1.85. The van der Waals surface area contributed by atoms with Crippen LogP contribution < -0.4 is 10.1 Å². The van der Waals surface area contributed by atoms with Crippen molar-refractivity contribution in [1.29, 1.82) is 0 Å². The molecule has 1 amide bonds. The van der Waals surface area contributed by atoms with Crippen LogP contribution in [0.3, 0.4) is 0 Å². The first kappa shape index (κ1) is 14.3. The predicted molar refractivity (Wildman–Crippen MR) is 76.7 cm³/mol. The Morgan fingerprint density at radius 3 is 2.75 bits per heavy atom. The minimum atomic E-state index is -0.454. The van der Waals surface area contributed by atoms with Crippen LogP contribution in [-0.2, 0) is 4.79 Å². The summed E-state index contributed by atoms with van der Waals surface area (Å²) in [6, 6.07) is 11.2. The minimum Gasteiger partial charge on any atom is -0.483 e. The van der Waals surface area contributed by atoms with Gasteiger partial charge >= 0.3 is 0 Å². The lowest BCUT2D eigenvalue weighted by molar-refractivity contribution is -0.118. The molecule has 104 valence electrons. The molecule has 0 saturated heterocycles. The van der Waals surface area contributed by atoms with Crippen molar-refractivity contribution in [3.63, 3.8) is 0 Å². The molecule has 2 aromatic rings. The number of halogens is 2. The number of carbonyl (C=O) groups is 1. The van der Waals surface area contributed by atoms with Gasteiger partial charge in [-0.25, -0.2) is 4.39 Å². The zero-order valence-corrected chi connectivity index (χ0v) is 11.6. The first-order chi connectivity index (χ1) is 9.56. The Hall–Kier alpha value is -2.07. The number of hydrogen-bond acceptors (Lipinski definition) is 2. The molecule has 0 aliphatic rings. The summed E-state index contributed by atoms with van der Waals surface area (Å²) < 4.78 is 18.3. The first-order valence-electron chi connectivity index (χ1n) is 5.99. The van der Waals surface area contributed by atoms with Crippen molar-refractivity contribution < 1.29 is 13.9 Å². The predicted octanol–water partition coefficient (Wildman–Crippen LogP) is 3.81. The van der Waals surface area contributed by atoms with E-state index in [4.69, 9.17) is 16.3 Å². The van der Waals surface area contributed by atoms with Gasteiger partial charge in [0.15, 0.2) is 6.61 Å². The van der Waals surface area contributed by atoms with E-state index in [0.717, 1.165) is 11.6 Å². The standard InChI is InChI=1S/C15H13ClFNO2/c1-10-4-2-3-5-14(10)20-9-15(19)18-13-7-6-11(17)8-12(13)16/h2-8H,9H2,1H3,(H,18,19). The third kappa shape index (κ3) is 3.71. The minimum absolute atomic E-state index is 0.140. The summed E-state index contributed by atoms with van der Waals surface area (Å²) >= 11 is 5.82. The molecule has 0 heterocycles. The Bertz CT molecular complexity index is 631. The maximum Gasteiger partial charge on any atom is 0.262 e. The average molecular weight is 294 g/mol. The number of rotatable bonds is 4. The molecule has 0 unspecified atom stereocenters. The number of carbonyl (C=O) groups excluding carboxylic acids is 1. The summed E-state index contributed by atoms with van der Waals surface area (Å²) in [6.07, 6.45) is 0. The second-order valence-corrected chi connectivity index (χ2v) is 4.63. The van der Waals surface area contributed by atoms with Gasteiger partial charge in [-0.1, -0.05) is 29.8 Å². The van der Waals surface area contributed by atoms with Gasteiger partial charge in [-0.05, 0) is 36.8 Å². The topological polar surface area (TPSA) is 38.3 Å². The lowest BCUT2D eigenvalue weighted by atomic mass is 10.2. The van der Waals surface area contributed by atoms with Crippen LogP contribution in [0.4, 0.5) is 10.1 Å². The summed E-state index contributed by atoms with van der Waals surface area (Å²) in [7, 11) is 0. The molecular weight excluding hydrogens is 281 g/mol. The number of anilines is 1. The van der Waals surface area contributed by atoms with E-state index < -0.39 is 5.82 Å². The van der Waals surface area contributed by atoms with Gasteiger partial charge in [-0.2, -0.15) is 0 Å². The fourth-order valence-electron chi connectivity index (χ4n) is 1.64. The van der Waals surface area contributed by atoms with Crippen molar-refractivity contribution in [2.24, 2.45) is 0 Å². The highest BCUT2D eigenvalue weighted by Crippen LogP contribution is 2.22. The van der Waals surface area contributed by atoms with E-state index in [1.54, 1.807) is 6.07 Å². The molecule has 20 heavy (non-hydrogen) atoms. The third-order valence-corrected chi connectivity index (χ3v) is 2.97. The van der Waals surface area contributed by atoms with Crippen LogP contribution in [0.1, 0.15) is 5.56 Å². The number of para-hydroxylation sites is 1. The average Bonchev–Trinajstić information content (AvgIpc) is 2.41. The van der Waals surface area contributed by atoms with E-state index in [0.29, 0.717) is 11.4 Å². The molecule has 0 spiro atoms. The highest BCUT2D eigenvalue weighted by Gasteiger charge is 2.08. The van der Waals surface area contributed by atoms with E-state index in [1.807, 2.05) is 25.1 Å². The number of benzene rings is 2. The lowest BCUT2D eigenvalue weighted by Gasteiger charge is -2.10. The number of aryl methyl sites for hydroxylation is 1. The molecule has 0 fully saturated rings. The molecule has 0 atom stereocenters. The molecule has 1 N–H and O–H groups in total. The van der Waals surface area contributed by atoms with Gasteiger partial charge in [0.1, 0.15) is 11.6 Å². The van der Waals surface area contributed by atoms with E-state index in [9.17, 15) is 9.18 Å². The van der Waals surface area contributed by atoms with Crippen LogP contribution in [0.5, 0.6) is 5.75 Å². The van der Waals surface area contributed by atoms with Gasteiger partial charge in [0.25, 0.3) is 5.91 Å². The highest BCUT2D eigenvalue weighted by atomic mass is 35.5. The van der Waals surface area contributed by atoms with Gasteiger partial charge in [-0.3, -0.25) is 4.79 Å². The Morgan fingerprint density at radius 1 is 1.30 bits per heavy atom. The third-order valence-electron chi connectivity index (χ3n) is 2.66. The van der Waals surface area contributed by atoms with E-state index in [1.165, 1.54) is 12.1 Å². The molecule has 3 nitrogen and oxygen atoms in total. The van der Waals surface area contributed by atoms with Crippen molar-refractivity contribution in [1.82, 2.24) is 0 Å². The van der Waals surface area contributed by atoms with Gasteiger partial charge in [-0.15, -0.1) is 0 Å². The van der Waals surface area contributed by atoms with Crippen molar-refractivity contribution >= 4 is 23.2 Å². The summed E-state index contributed by atoms with van der Waals surface area (Å²) in [4.78, 5) is 11.7. The van der Waals surface area contributed by atoms with Crippen LogP contribution in [0.2, 0.25) is 5.02 Å². The molecule has 0 aliphatic carbocycles. The maximum absolute atomic E-state index is 12.9. The lowest BCUT2D eigenvalue weighted by Crippen LogP contribution is -2.20. The summed E-state index contributed by atoms with van der Waals surface area (Å²) in [5.41, 5.74) is 1.30. The van der Waals surface area contributed by atoms with Crippen molar-refractivity contribution in [3.05, 3.63) is 58.9 Å². The van der Waals surface area contributed by atoms with Crippen LogP contribution >= 0.6 is 11.6 Å². The summed E-state index contributed by atoms with van der Waals surface area (Å²) in [5.74, 6) is -0.168. The van der Waals surface area contributed by atoms with E-state index in [2.05, 4.69) is 5.32 Å². The molecule has 0 bridgehead atoms. The molecule has 0 aromatic heterocycles. The quantitative estimate of drug-likeness (QED) is 0.931. The Labute approximate surface area is 121 Å². The molecule has 0 aliphatic heterocycles. The van der Waals surface area contributed by atoms with E-state index >= 15 is 0 Å². The summed E-state index contributed by atoms with van der Waals surface area (Å²) in [6.45, 7) is 1.75. The fraction of sp³-hybridized carbons (Fsp3) is 0.133. The smallest absolute Gasteiger partial charge is 0.262 e. The second-order valence-electron chi connectivity index (χ2n) is 4.23. The molecule has 0 radical (unpaired) electrons. The van der Waals surface area contributed by atoms with Crippen molar-refractivity contribution in [3.8, 4) is 5.75 Å². The monoisotopic (exact) mass is 293 g/mol. The van der Waals surface area contributed by atoms with Gasteiger partial charge in [0.2, 0.25) is 0 Å². The SMILES string of the molecule is Cc1ccccc1OCC(=O)Nc1ccc(F)cc1Cl. The van der Waals surface area contributed by atoms with Crippen molar-refractivity contribution in [2.75, 3.05) is 11.9 Å². The van der Waals surface area contributed by atoms with E-state index in [-0.39, 0.29) is 17.5 Å². The Kier molecular flexibility index (Phi) is 4.58. The maximum atomic E-state index is 12.9. The number of hydrogen-bond donors (Lipinski definition) is 1. The normalized spacial score (nSPS) is 10.2. The second kappa shape index (κ2) is 6.39. The molecule has 0 saturated carbocycles. The Morgan fingerprint density at radius 2 is 2.05 bits per heavy atom. The van der Waals surface area contributed by atoms with Crippen LogP contribution in [-0.4, -0.2) is 12.5 Å². The molecule has 2 rings (SSSR count). The molecular formula is C15H13ClFNO2. The number of amides is 1. The number of ether oxygens (including phenoxy) is 1. The van der Waals surface area contributed by atoms with Crippen LogP contribution in [0.25, 0.3) is 0 Å². The summed E-state index contributed by atoms with van der Waals surface area (Å²) in [5, 5.41) is 2.71. The molecule has 2 aromatic carbocycles. The number of nitrogens with one attached hydrogen (secondary N) is 1. The molecule has 5 heteroatoms. The largest absolute Gasteiger partial charge is 0.483 e. The van der Waals surface area contributed by atoms with Gasteiger partial charge in [0.05, 0.1) is 10.7 Å². The van der Waals surface area contributed by atoms with Gasteiger partial charge < -0.3 is 10.1 Å². The van der Waals surface area contributed by atoms with Crippen LogP contribution in [0, 0.1) is 12.7 Å². The Balaban J connectivity index is 1.94. The van der Waals surface area contributed by atoms with Gasteiger partial charge in [0, 0.05) is 0 Å². The van der Waals surface area contributed by atoms with Crippen molar-refractivity contribution in [2.45, 2.75) is 6.92 Å². The highest BCUT2D eigenvalue weighted by molar-refractivity contribution is 6.33.